The second-order valence-corrected chi connectivity index (χ2v) is 9.92. The summed E-state index contributed by atoms with van der Waals surface area (Å²) >= 11 is 1.52. The van der Waals surface area contributed by atoms with Crippen LogP contribution in [0.3, 0.4) is 0 Å². The van der Waals surface area contributed by atoms with Crippen molar-refractivity contribution in [2.45, 2.75) is 38.6 Å². The molecule has 1 amide bonds. The third-order valence-corrected chi connectivity index (χ3v) is 6.68. The Labute approximate surface area is 181 Å². The van der Waals surface area contributed by atoms with Crippen LogP contribution in [0.25, 0.3) is 10.6 Å². The van der Waals surface area contributed by atoms with E-state index in [1.165, 1.54) is 11.3 Å². The van der Waals surface area contributed by atoms with Gasteiger partial charge in [-0.1, -0.05) is 54.6 Å². The molecule has 0 saturated carbocycles. The summed E-state index contributed by atoms with van der Waals surface area (Å²) in [6.07, 6.45) is 0.223. The second-order valence-electron chi connectivity index (χ2n) is 7.31. The molecule has 0 saturated heterocycles. The van der Waals surface area contributed by atoms with E-state index >= 15 is 0 Å². The molecule has 0 aliphatic heterocycles. The summed E-state index contributed by atoms with van der Waals surface area (Å²) in [5, 5.41) is 5.69. The molecule has 0 fully saturated rings. The largest absolute Gasteiger partial charge is 0.352 e. The Bertz CT molecular complexity index is 1080. The molecular formula is C22H25N3O3S2. The Morgan fingerprint density at radius 2 is 1.70 bits per heavy atom. The summed E-state index contributed by atoms with van der Waals surface area (Å²) < 4.78 is 26.6. The molecule has 2 N–H and O–H groups in total. The van der Waals surface area contributed by atoms with Crippen molar-refractivity contribution in [2.75, 3.05) is 0 Å². The van der Waals surface area contributed by atoms with E-state index in [-0.39, 0.29) is 24.1 Å². The van der Waals surface area contributed by atoms with Crippen molar-refractivity contribution in [3.63, 3.8) is 0 Å². The third-order valence-electron chi connectivity index (χ3n) is 4.20. The number of thiazole rings is 1. The molecule has 2 aromatic carbocycles. The molecule has 0 spiro atoms. The van der Waals surface area contributed by atoms with Crippen molar-refractivity contribution in [1.29, 1.82) is 0 Å². The van der Waals surface area contributed by atoms with E-state index < -0.39 is 10.0 Å². The molecule has 8 heteroatoms. The Balaban J connectivity index is 1.50. The van der Waals surface area contributed by atoms with Gasteiger partial charge in [0.1, 0.15) is 5.01 Å². The lowest BCUT2D eigenvalue weighted by Gasteiger charge is -2.10. The molecule has 0 bridgehead atoms. The Kier molecular flexibility index (Phi) is 7.36. The molecule has 3 aromatic rings. The molecule has 0 radical (unpaired) electrons. The number of sulfonamides is 1. The smallest absolute Gasteiger partial charge is 0.226 e. The summed E-state index contributed by atoms with van der Waals surface area (Å²) in [5.41, 5.74) is 3.40. The molecule has 0 aliphatic carbocycles. The molecule has 6 nitrogen and oxygen atoms in total. The summed E-state index contributed by atoms with van der Waals surface area (Å²) in [6, 6.07) is 16.9. The van der Waals surface area contributed by atoms with E-state index in [4.69, 9.17) is 0 Å². The SMILES string of the molecule is CC(C)NS(=O)(=O)Cc1ccc(CNC(=O)Cc2csc(-c3ccccc3)n2)cc1. The standard InChI is InChI=1S/C22H25N3O3S2/c1-16(2)25-30(27,28)15-18-10-8-17(9-11-18)13-23-21(26)12-20-14-29-22(24-20)19-6-4-3-5-7-19/h3-11,14,16,25H,12-13,15H2,1-2H3,(H,23,26). The average Bonchev–Trinajstić information content (AvgIpc) is 3.15. The number of aromatic nitrogens is 1. The predicted octanol–water partition coefficient (Wildman–Crippen LogP) is 3.50. The van der Waals surface area contributed by atoms with Gasteiger partial charge in [-0.25, -0.2) is 18.1 Å². The Morgan fingerprint density at radius 3 is 2.37 bits per heavy atom. The van der Waals surface area contributed by atoms with Crippen LogP contribution in [-0.2, 0) is 33.5 Å². The van der Waals surface area contributed by atoms with Crippen LogP contribution in [0.5, 0.6) is 0 Å². The van der Waals surface area contributed by atoms with E-state index in [0.29, 0.717) is 12.1 Å². The molecule has 1 aromatic heterocycles. The summed E-state index contributed by atoms with van der Waals surface area (Å²) in [4.78, 5) is 16.8. The van der Waals surface area contributed by atoms with E-state index in [2.05, 4.69) is 15.0 Å². The van der Waals surface area contributed by atoms with Gasteiger partial charge >= 0.3 is 0 Å². The van der Waals surface area contributed by atoms with Crippen LogP contribution in [0.2, 0.25) is 0 Å². The number of benzene rings is 2. The minimum absolute atomic E-state index is 0.0641. The molecular weight excluding hydrogens is 418 g/mol. The van der Waals surface area contributed by atoms with E-state index in [9.17, 15) is 13.2 Å². The topological polar surface area (TPSA) is 88.2 Å². The highest BCUT2D eigenvalue weighted by molar-refractivity contribution is 7.88. The molecule has 30 heavy (non-hydrogen) atoms. The van der Waals surface area contributed by atoms with Gasteiger partial charge in [0.25, 0.3) is 0 Å². The van der Waals surface area contributed by atoms with Crippen molar-refractivity contribution in [3.8, 4) is 10.6 Å². The minimum atomic E-state index is -3.35. The van der Waals surface area contributed by atoms with Gasteiger partial charge in [0.15, 0.2) is 0 Å². The Morgan fingerprint density at radius 1 is 1.03 bits per heavy atom. The molecule has 0 aliphatic rings. The van der Waals surface area contributed by atoms with Crippen molar-refractivity contribution in [3.05, 3.63) is 76.8 Å². The average molecular weight is 444 g/mol. The van der Waals surface area contributed by atoms with Crippen LogP contribution >= 0.6 is 11.3 Å². The predicted molar refractivity (Wildman–Crippen MR) is 120 cm³/mol. The van der Waals surface area contributed by atoms with Crippen molar-refractivity contribution >= 4 is 27.3 Å². The second kappa shape index (κ2) is 9.97. The maximum Gasteiger partial charge on any atom is 0.226 e. The number of nitrogens with one attached hydrogen (secondary N) is 2. The van der Waals surface area contributed by atoms with Gasteiger partial charge in [-0.2, -0.15) is 0 Å². The number of hydrogen-bond acceptors (Lipinski definition) is 5. The lowest BCUT2D eigenvalue weighted by atomic mass is 10.1. The van der Waals surface area contributed by atoms with Crippen LogP contribution in [0, 0.1) is 0 Å². The maximum absolute atomic E-state index is 12.3. The summed E-state index contributed by atoms with van der Waals surface area (Å²) in [5.74, 6) is -0.168. The molecule has 0 atom stereocenters. The highest BCUT2D eigenvalue weighted by Crippen LogP contribution is 2.23. The van der Waals surface area contributed by atoms with E-state index in [0.717, 1.165) is 21.8 Å². The van der Waals surface area contributed by atoms with Crippen LogP contribution in [-0.4, -0.2) is 25.4 Å². The van der Waals surface area contributed by atoms with Gasteiger partial charge in [0, 0.05) is 23.5 Å². The fraction of sp³-hybridized carbons (Fsp3) is 0.273. The number of rotatable bonds is 9. The fourth-order valence-corrected chi connectivity index (χ4v) is 5.16. The minimum Gasteiger partial charge on any atom is -0.352 e. The normalized spacial score (nSPS) is 11.6. The first-order valence-electron chi connectivity index (χ1n) is 9.65. The van der Waals surface area contributed by atoms with Gasteiger partial charge in [0.2, 0.25) is 15.9 Å². The molecule has 0 unspecified atom stereocenters. The zero-order chi connectivity index (χ0) is 21.6. The number of hydrogen-bond donors (Lipinski definition) is 2. The zero-order valence-electron chi connectivity index (χ0n) is 17.0. The number of carbonyl (C=O) groups is 1. The fourth-order valence-electron chi connectivity index (χ4n) is 2.90. The zero-order valence-corrected chi connectivity index (χ0v) is 18.6. The summed E-state index contributed by atoms with van der Waals surface area (Å²) in [7, 11) is -3.35. The number of carbonyl (C=O) groups excluding carboxylic acids is 1. The first-order valence-corrected chi connectivity index (χ1v) is 12.2. The van der Waals surface area contributed by atoms with Crippen LogP contribution in [0.4, 0.5) is 0 Å². The van der Waals surface area contributed by atoms with Crippen LogP contribution < -0.4 is 10.0 Å². The molecule has 1 heterocycles. The van der Waals surface area contributed by atoms with Gasteiger partial charge in [-0.3, -0.25) is 4.79 Å². The van der Waals surface area contributed by atoms with Crippen molar-refractivity contribution in [1.82, 2.24) is 15.0 Å². The van der Waals surface area contributed by atoms with Crippen molar-refractivity contribution < 1.29 is 13.2 Å². The first-order chi connectivity index (χ1) is 14.3. The first kappa shape index (κ1) is 22.1. The molecule has 3 rings (SSSR count). The lowest BCUT2D eigenvalue weighted by Crippen LogP contribution is -2.31. The van der Waals surface area contributed by atoms with Crippen molar-refractivity contribution in [2.24, 2.45) is 0 Å². The number of nitrogens with zero attached hydrogens (tertiary/aromatic N) is 1. The quantitative estimate of drug-likeness (QED) is 0.530. The van der Waals surface area contributed by atoms with Gasteiger partial charge < -0.3 is 5.32 Å². The number of amides is 1. The summed E-state index contributed by atoms with van der Waals surface area (Å²) in [6.45, 7) is 3.96. The van der Waals surface area contributed by atoms with Crippen LogP contribution in [0.1, 0.15) is 30.7 Å². The monoisotopic (exact) mass is 443 g/mol. The van der Waals surface area contributed by atoms with Gasteiger partial charge in [-0.15, -0.1) is 11.3 Å². The highest BCUT2D eigenvalue weighted by atomic mass is 32.2. The van der Waals surface area contributed by atoms with Crippen LogP contribution in [0.15, 0.2) is 60.0 Å². The lowest BCUT2D eigenvalue weighted by molar-refractivity contribution is -0.120. The Hall–Kier alpha value is -2.55. The molecule has 158 valence electrons. The van der Waals surface area contributed by atoms with E-state index in [1.54, 1.807) is 26.0 Å². The van der Waals surface area contributed by atoms with E-state index in [1.807, 2.05) is 47.8 Å². The third kappa shape index (κ3) is 6.76. The van der Waals surface area contributed by atoms with Gasteiger partial charge in [0.05, 0.1) is 17.9 Å². The van der Waals surface area contributed by atoms with Gasteiger partial charge in [-0.05, 0) is 25.0 Å². The highest BCUT2D eigenvalue weighted by Gasteiger charge is 2.13. The maximum atomic E-state index is 12.3.